The predicted octanol–water partition coefficient (Wildman–Crippen LogP) is 2.71. The van der Waals surface area contributed by atoms with E-state index in [1.165, 1.54) is 7.11 Å². The Morgan fingerprint density at radius 3 is 2.42 bits per heavy atom. The van der Waals surface area contributed by atoms with E-state index in [-0.39, 0.29) is 17.9 Å². The Hall–Kier alpha value is -1.69. The molecule has 2 amide bonds. The second-order valence-corrected chi connectivity index (χ2v) is 7.03. The van der Waals surface area contributed by atoms with Crippen LogP contribution in [-0.2, 0) is 4.79 Å². The molecule has 2 N–H and O–H groups in total. The van der Waals surface area contributed by atoms with Crippen molar-refractivity contribution in [2.75, 3.05) is 19.1 Å². The van der Waals surface area contributed by atoms with Gasteiger partial charge in [0.1, 0.15) is 11.8 Å². The lowest BCUT2D eigenvalue weighted by molar-refractivity contribution is -0.123. The van der Waals surface area contributed by atoms with E-state index in [4.69, 9.17) is 4.74 Å². The Morgan fingerprint density at radius 2 is 1.83 bits per heavy atom. The Labute approximate surface area is 148 Å². The topological polar surface area (TPSA) is 67.4 Å². The first-order chi connectivity index (χ1) is 11.4. The number of thioether (sulfide) groups is 1. The Bertz CT molecular complexity index is 549. The van der Waals surface area contributed by atoms with Gasteiger partial charge in [0, 0.05) is 6.04 Å². The van der Waals surface area contributed by atoms with Crippen LogP contribution >= 0.6 is 11.8 Å². The van der Waals surface area contributed by atoms with Crippen molar-refractivity contribution < 1.29 is 14.3 Å². The highest BCUT2D eigenvalue weighted by atomic mass is 32.2. The van der Waals surface area contributed by atoms with Crippen molar-refractivity contribution in [2.45, 2.75) is 39.3 Å². The van der Waals surface area contributed by atoms with Crippen molar-refractivity contribution in [3.63, 3.8) is 0 Å². The molecule has 1 rings (SSSR count). The van der Waals surface area contributed by atoms with Crippen LogP contribution in [0.25, 0.3) is 0 Å². The third-order valence-corrected chi connectivity index (χ3v) is 4.60. The minimum atomic E-state index is -0.559. The van der Waals surface area contributed by atoms with Crippen molar-refractivity contribution in [1.82, 2.24) is 10.6 Å². The fraction of sp³-hybridized carbons (Fsp3) is 0.556. The van der Waals surface area contributed by atoms with Crippen molar-refractivity contribution in [3.05, 3.63) is 29.8 Å². The summed E-state index contributed by atoms with van der Waals surface area (Å²) < 4.78 is 5.22. The van der Waals surface area contributed by atoms with Crippen molar-refractivity contribution in [1.29, 1.82) is 0 Å². The number of carbonyl (C=O) groups excluding carboxylic acids is 2. The molecule has 2 unspecified atom stereocenters. The molecule has 0 aromatic heterocycles. The Kier molecular flexibility index (Phi) is 8.68. The molecule has 1 aromatic carbocycles. The van der Waals surface area contributed by atoms with Gasteiger partial charge in [-0.2, -0.15) is 11.8 Å². The number of ether oxygens (including phenoxy) is 1. The first kappa shape index (κ1) is 20.4. The van der Waals surface area contributed by atoms with Gasteiger partial charge in [0.2, 0.25) is 5.91 Å². The Morgan fingerprint density at radius 1 is 1.17 bits per heavy atom. The van der Waals surface area contributed by atoms with Gasteiger partial charge in [0.15, 0.2) is 0 Å². The number of amides is 2. The lowest BCUT2D eigenvalue weighted by atomic mass is 10.1. The van der Waals surface area contributed by atoms with Gasteiger partial charge >= 0.3 is 0 Å². The lowest BCUT2D eigenvalue weighted by Crippen LogP contribution is -2.50. The number of benzene rings is 1. The highest BCUT2D eigenvalue weighted by Gasteiger charge is 2.24. The molecule has 2 atom stereocenters. The van der Waals surface area contributed by atoms with Crippen molar-refractivity contribution in [3.8, 4) is 5.75 Å². The highest BCUT2D eigenvalue weighted by molar-refractivity contribution is 7.98. The van der Waals surface area contributed by atoms with Gasteiger partial charge in [-0.1, -0.05) is 26.0 Å². The minimum absolute atomic E-state index is 0.0532. The summed E-state index contributed by atoms with van der Waals surface area (Å²) in [6, 6.07) is 6.49. The zero-order valence-corrected chi connectivity index (χ0v) is 15.9. The van der Waals surface area contributed by atoms with Crippen LogP contribution in [0.2, 0.25) is 0 Å². The number of nitrogens with one attached hydrogen (secondary N) is 2. The van der Waals surface area contributed by atoms with Gasteiger partial charge in [0.05, 0.1) is 12.7 Å². The minimum Gasteiger partial charge on any atom is -0.496 e. The molecule has 0 aliphatic rings. The lowest BCUT2D eigenvalue weighted by Gasteiger charge is -2.23. The standard InChI is InChI=1S/C18H28N2O3S/c1-12(2)13(3)19-18(22)15(10-11-24-5)20-17(21)14-8-6-7-9-16(14)23-4/h6-9,12-13,15H,10-11H2,1-5H3,(H,19,22)(H,20,21). The number of hydrogen-bond donors (Lipinski definition) is 2. The molecule has 6 heteroatoms. The fourth-order valence-electron chi connectivity index (χ4n) is 2.06. The summed E-state index contributed by atoms with van der Waals surface area (Å²) >= 11 is 1.65. The number of rotatable bonds is 9. The average Bonchev–Trinajstić information content (AvgIpc) is 2.57. The maximum absolute atomic E-state index is 12.5. The molecule has 0 heterocycles. The SMILES string of the molecule is COc1ccccc1C(=O)NC(CCSC)C(=O)NC(C)C(C)C. The number of hydrogen-bond acceptors (Lipinski definition) is 4. The highest BCUT2D eigenvalue weighted by Crippen LogP contribution is 2.17. The second-order valence-electron chi connectivity index (χ2n) is 6.05. The molecule has 1 aromatic rings. The number of para-hydroxylation sites is 1. The van der Waals surface area contributed by atoms with E-state index in [1.807, 2.05) is 13.2 Å². The smallest absolute Gasteiger partial charge is 0.255 e. The van der Waals surface area contributed by atoms with Crippen LogP contribution in [0.4, 0.5) is 0 Å². The van der Waals surface area contributed by atoms with E-state index in [1.54, 1.807) is 36.0 Å². The fourth-order valence-corrected chi connectivity index (χ4v) is 2.54. The molecule has 0 aliphatic heterocycles. The number of carbonyl (C=O) groups is 2. The molecule has 0 fully saturated rings. The van der Waals surface area contributed by atoms with Crippen molar-refractivity contribution >= 4 is 23.6 Å². The summed E-state index contributed by atoms with van der Waals surface area (Å²) in [4.78, 5) is 25.1. The monoisotopic (exact) mass is 352 g/mol. The molecule has 0 saturated carbocycles. The van der Waals surface area contributed by atoms with Crippen LogP contribution < -0.4 is 15.4 Å². The van der Waals surface area contributed by atoms with E-state index >= 15 is 0 Å². The van der Waals surface area contributed by atoms with E-state index in [2.05, 4.69) is 24.5 Å². The molecule has 5 nitrogen and oxygen atoms in total. The molecule has 0 radical (unpaired) electrons. The molecule has 24 heavy (non-hydrogen) atoms. The summed E-state index contributed by atoms with van der Waals surface area (Å²) in [5.74, 6) is 1.18. The summed E-state index contributed by atoms with van der Waals surface area (Å²) in [6.07, 6.45) is 2.56. The van der Waals surface area contributed by atoms with Crippen LogP contribution in [0.1, 0.15) is 37.6 Å². The van der Waals surface area contributed by atoms with E-state index in [0.29, 0.717) is 23.7 Å². The van der Waals surface area contributed by atoms with Gasteiger partial charge < -0.3 is 15.4 Å². The quantitative estimate of drug-likeness (QED) is 0.717. The largest absolute Gasteiger partial charge is 0.496 e. The molecule has 0 saturated heterocycles. The molecule has 0 aliphatic carbocycles. The van der Waals surface area contributed by atoms with Gasteiger partial charge in [-0.3, -0.25) is 9.59 Å². The summed E-state index contributed by atoms with van der Waals surface area (Å²) in [7, 11) is 1.52. The normalized spacial score (nSPS) is 13.2. The summed E-state index contributed by atoms with van der Waals surface area (Å²) in [5, 5.41) is 5.82. The first-order valence-corrected chi connectivity index (χ1v) is 9.53. The van der Waals surface area contributed by atoms with E-state index < -0.39 is 6.04 Å². The zero-order valence-electron chi connectivity index (χ0n) is 15.1. The molecule has 0 bridgehead atoms. The predicted molar refractivity (Wildman–Crippen MR) is 99.7 cm³/mol. The molecular weight excluding hydrogens is 324 g/mol. The van der Waals surface area contributed by atoms with Crippen LogP contribution in [0.3, 0.4) is 0 Å². The molecular formula is C18H28N2O3S. The molecule has 0 spiro atoms. The average molecular weight is 353 g/mol. The maximum atomic E-state index is 12.5. The van der Waals surface area contributed by atoms with Crippen LogP contribution in [0.5, 0.6) is 5.75 Å². The van der Waals surface area contributed by atoms with Crippen LogP contribution in [0.15, 0.2) is 24.3 Å². The summed E-state index contributed by atoms with van der Waals surface area (Å²) in [6.45, 7) is 6.07. The molecule has 134 valence electrons. The van der Waals surface area contributed by atoms with E-state index in [0.717, 1.165) is 5.75 Å². The van der Waals surface area contributed by atoms with Gasteiger partial charge in [-0.25, -0.2) is 0 Å². The van der Waals surface area contributed by atoms with Gasteiger partial charge in [0.25, 0.3) is 5.91 Å². The first-order valence-electron chi connectivity index (χ1n) is 8.13. The van der Waals surface area contributed by atoms with Crippen molar-refractivity contribution in [2.24, 2.45) is 5.92 Å². The third-order valence-electron chi connectivity index (χ3n) is 3.95. The van der Waals surface area contributed by atoms with Gasteiger partial charge in [-0.05, 0) is 43.4 Å². The Balaban J connectivity index is 2.84. The number of methoxy groups -OCH3 is 1. The zero-order chi connectivity index (χ0) is 18.1. The second kappa shape index (κ2) is 10.2. The summed E-state index contributed by atoms with van der Waals surface area (Å²) in [5.41, 5.74) is 0.429. The van der Waals surface area contributed by atoms with Gasteiger partial charge in [-0.15, -0.1) is 0 Å². The van der Waals surface area contributed by atoms with Crippen LogP contribution in [0, 0.1) is 5.92 Å². The third kappa shape index (κ3) is 6.07. The van der Waals surface area contributed by atoms with Crippen LogP contribution in [-0.4, -0.2) is 43.0 Å². The maximum Gasteiger partial charge on any atom is 0.255 e. The van der Waals surface area contributed by atoms with E-state index in [9.17, 15) is 9.59 Å².